The zero-order valence-electron chi connectivity index (χ0n) is 14.3. The van der Waals surface area contributed by atoms with Crippen molar-refractivity contribution in [2.75, 3.05) is 0 Å². The summed E-state index contributed by atoms with van der Waals surface area (Å²) < 4.78 is 0. The van der Waals surface area contributed by atoms with Gasteiger partial charge < -0.3 is 17.2 Å². The monoisotopic (exact) mass is 297 g/mol. The highest BCUT2D eigenvalue weighted by atomic mass is 15.1. The van der Waals surface area contributed by atoms with Crippen LogP contribution in [0.3, 0.4) is 0 Å². The summed E-state index contributed by atoms with van der Waals surface area (Å²) in [6.07, 6.45) is 22.3. The summed E-state index contributed by atoms with van der Waals surface area (Å²) in [4.78, 5) is 0. The Kier molecular flexibility index (Phi) is 14.3. The first kappa shape index (κ1) is 20.6. The molecule has 0 radical (unpaired) electrons. The summed E-state index contributed by atoms with van der Waals surface area (Å²) in [5.41, 5.74) is 16.6. The van der Waals surface area contributed by atoms with E-state index >= 15 is 0 Å². The van der Waals surface area contributed by atoms with E-state index < -0.39 is 5.79 Å². The molecule has 3 heteroatoms. The maximum Gasteiger partial charge on any atom is 0.115 e. The van der Waals surface area contributed by atoms with E-state index in [4.69, 9.17) is 17.2 Å². The Hall–Kier alpha value is -0.380. The van der Waals surface area contributed by atoms with E-state index in [1.54, 1.807) is 0 Å². The molecule has 6 N–H and O–H groups in total. The van der Waals surface area contributed by atoms with Crippen molar-refractivity contribution in [3.63, 3.8) is 0 Å². The molecule has 0 saturated heterocycles. The molecule has 0 aliphatic rings. The van der Waals surface area contributed by atoms with Gasteiger partial charge in [-0.2, -0.15) is 0 Å². The second-order valence-corrected chi connectivity index (χ2v) is 6.45. The molecule has 0 aliphatic heterocycles. The summed E-state index contributed by atoms with van der Waals surface area (Å²) in [5.74, 6) is -0.973. The number of nitrogens with two attached hydrogens (primary N) is 3. The molecule has 21 heavy (non-hydrogen) atoms. The van der Waals surface area contributed by atoms with Crippen LogP contribution in [0, 0.1) is 0 Å². The average molecular weight is 298 g/mol. The van der Waals surface area contributed by atoms with Crippen LogP contribution in [0.15, 0.2) is 12.2 Å². The molecule has 0 bridgehead atoms. The number of unbranched alkanes of at least 4 members (excludes halogenated alkanes) is 11. The number of allylic oxidation sites excluding steroid dienone is 2. The van der Waals surface area contributed by atoms with E-state index in [0.717, 1.165) is 6.42 Å². The first-order valence-corrected chi connectivity index (χ1v) is 9.08. The van der Waals surface area contributed by atoms with Crippen LogP contribution < -0.4 is 17.2 Å². The summed E-state index contributed by atoms with van der Waals surface area (Å²) in [6.45, 7) is 2.27. The molecule has 0 aromatic heterocycles. The molecule has 3 nitrogen and oxygen atoms in total. The zero-order valence-corrected chi connectivity index (χ0v) is 14.3. The third-order valence-corrected chi connectivity index (χ3v) is 3.87. The van der Waals surface area contributed by atoms with Crippen molar-refractivity contribution >= 4 is 0 Å². The third kappa shape index (κ3) is 19.6. The van der Waals surface area contributed by atoms with Gasteiger partial charge in [-0.3, -0.25) is 0 Å². The van der Waals surface area contributed by atoms with Crippen LogP contribution in [-0.4, -0.2) is 5.79 Å². The van der Waals surface area contributed by atoms with Gasteiger partial charge in [-0.15, -0.1) is 0 Å². The van der Waals surface area contributed by atoms with Crippen molar-refractivity contribution in [1.82, 2.24) is 0 Å². The van der Waals surface area contributed by atoms with Gasteiger partial charge in [0.1, 0.15) is 5.79 Å². The van der Waals surface area contributed by atoms with Gasteiger partial charge >= 0.3 is 0 Å². The van der Waals surface area contributed by atoms with Crippen molar-refractivity contribution < 1.29 is 0 Å². The highest BCUT2D eigenvalue weighted by Gasteiger charge is 2.09. The minimum absolute atomic E-state index is 0.713. The maximum absolute atomic E-state index is 5.54. The highest BCUT2D eigenvalue weighted by Crippen LogP contribution is 2.10. The lowest BCUT2D eigenvalue weighted by Gasteiger charge is -2.17. The molecule has 0 aromatic carbocycles. The van der Waals surface area contributed by atoms with Crippen LogP contribution in [0.4, 0.5) is 0 Å². The van der Waals surface area contributed by atoms with Gasteiger partial charge in [0.25, 0.3) is 0 Å². The predicted octanol–water partition coefficient (Wildman–Crippen LogP) is 4.55. The standard InChI is InChI=1S/C18H39N3/c1-2-3-4-5-6-7-8-9-10-11-12-13-14-15-16-17-18(19,20)21/h9-10H,2-8,11-17,19-21H2,1H3/b10-9-. The Morgan fingerprint density at radius 1 is 0.619 bits per heavy atom. The first-order chi connectivity index (χ1) is 10.1. The molecule has 0 atom stereocenters. The SMILES string of the molecule is CCCCCCCC/C=C\CCCCCCCC(N)(N)N. The van der Waals surface area contributed by atoms with E-state index in [1.807, 2.05) is 0 Å². The van der Waals surface area contributed by atoms with Gasteiger partial charge in [0, 0.05) is 0 Å². The lowest BCUT2D eigenvalue weighted by Crippen LogP contribution is -2.57. The average Bonchev–Trinajstić information content (AvgIpc) is 2.42. The van der Waals surface area contributed by atoms with Crippen LogP contribution in [0.2, 0.25) is 0 Å². The van der Waals surface area contributed by atoms with E-state index in [1.165, 1.54) is 77.0 Å². The molecule has 0 rings (SSSR count). The molecule has 0 heterocycles. The van der Waals surface area contributed by atoms with Crippen molar-refractivity contribution in [3.8, 4) is 0 Å². The quantitative estimate of drug-likeness (QED) is 0.236. The van der Waals surface area contributed by atoms with Gasteiger partial charge in [0.05, 0.1) is 0 Å². The lowest BCUT2D eigenvalue weighted by atomic mass is 10.1. The zero-order chi connectivity index (χ0) is 15.8. The molecule has 0 saturated carbocycles. The molecular weight excluding hydrogens is 258 g/mol. The molecule has 126 valence electrons. The Balaban J connectivity index is 3.12. The van der Waals surface area contributed by atoms with Gasteiger partial charge in [-0.1, -0.05) is 70.4 Å². The number of hydrogen-bond donors (Lipinski definition) is 3. The smallest absolute Gasteiger partial charge is 0.115 e. The molecule has 0 aliphatic carbocycles. The fraction of sp³-hybridized carbons (Fsp3) is 0.889. The summed E-state index contributed by atoms with van der Waals surface area (Å²) in [7, 11) is 0. The molecular formula is C18H39N3. The van der Waals surface area contributed by atoms with E-state index in [0.29, 0.717) is 6.42 Å². The van der Waals surface area contributed by atoms with Crippen molar-refractivity contribution in [1.29, 1.82) is 0 Å². The van der Waals surface area contributed by atoms with E-state index in [-0.39, 0.29) is 0 Å². The third-order valence-electron chi connectivity index (χ3n) is 3.87. The lowest BCUT2D eigenvalue weighted by molar-refractivity contribution is 0.400. The predicted molar refractivity (Wildman–Crippen MR) is 94.7 cm³/mol. The second-order valence-electron chi connectivity index (χ2n) is 6.45. The highest BCUT2D eigenvalue weighted by molar-refractivity contribution is 4.81. The molecule has 0 aromatic rings. The largest absolute Gasteiger partial charge is 0.301 e. The first-order valence-electron chi connectivity index (χ1n) is 9.08. The summed E-state index contributed by atoms with van der Waals surface area (Å²) in [6, 6.07) is 0. The Morgan fingerprint density at radius 2 is 1.05 bits per heavy atom. The molecule has 0 amide bonds. The summed E-state index contributed by atoms with van der Waals surface area (Å²) in [5, 5.41) is 0. The van der Waals surface area contributed by atoms with Gasteiger partial charge in [-0.25, -0.2) is 0 Å². The Labute approximate surface area is 132 Å². The molecule has 0 unspecified atom stereocenters. The topological polar surface area (TPSA) is 78.1 Å². The van der Waals surface area contributed by atoms with Crippen LogP contribution in [0.5, 0.6) is 0 Å². The Bertz CT molecular complexity index is 231. The van der Waals surface area contributed by atoms with Crippen molar-refractivity contribution in [3.05, 3.63) is 12.2 Å². The molecule has 0 fully saturated rings. The van der Waals surface area contributed by atoms with E-state index in [9.17, 15) is 0 Å². The van der Waals surface area contributed by atoms with Crippen molar-refractivity contribution in [2.45, 2.75) is 103 Å². The normalized spacial score (nSPS) is 12.4. The second kappa shape index (κ2) is 14.6. The van der Waals surface area contributed by atoms with Gasteiger partial charge in [0.15, 0.2) is 0 Å². The van der Waals surface area contributed by atoms with E-state index in [2.05, 4.69) is 19.1 Å². The van der Waals surface area contributed by atoms with Gasteiger partial charge in [0.2, 0.25) is 0 Å². The van der Waals surface area contributed by atoms with Crippen LogP contribution >= 0.6 is 0 Å². The molecule has 0 spiro atoms. The Morgan fingerprint density at radius 3 is 1.52 bits per heavy atom. The maximum atomic E-state index is 5.54. The number of rotatable bonds is 15. The fourth-order valence-electron chi connectivity index (χ4n) is 2.50. The van der Waals surface area contributed by atoms with Crippen LogP contribution in [-0.2, 0) is 0 Å². The minimum atomic E-state index is -0.973. The fourth-order valence-corrected chi connectivity index (χ4v) is 2.50. The summed E-state index contributed by atoms with van der Waals surface area (Å²) >= 11 is 0. The van der Waals surface area contributed by atoms with Crippen LogP contribution in [0.25, 0.3) is 0 Å². The van der Waals surface area contributed by atoms with Gasteiger partial charge in [-0.05, 0) is 38.5 Å². The van der Waals surface area contributed by atoms with Crippen molar-refractivity contribution in [2.24, 2.45) is 17.2 Å². The van der Waals surface area contributed by atoms with Crippen LogP contribution in [0.1, 0.15) is 96.8 Å². The minimum Gasteiger partial charge on any atom is -0.301 e. The number of hydrogen-bond acceptors (Lipinski definition) is 3.